The van der Waals surface area contributed by atoms with Crippen LogP contribution in [0, 0.1) is 0 Å². The van der Waals surface area contributed by atoms with Crippen LogP contribution in [0.3, 0.4) is 0 Å². The molecule has 6 heteroatoms. The molecule has 0 radical (unpaired) electrons. The van der Waals surface area contributed by atoms with E-state index in [4.69, 9.17) is 0 Å². The Kier molecular flexibility index (Phi) is 6.30. The van der Waals surface area contributed by atoms with Crippen LogP contribution in [0.1, 0.15) is 21.4 Å². The molecule has 1 saturated heterocycles. The summed E-state index contributed by atoms with van der Waals surface area (Å²) in [5, 5.41) is 7.91. The van der Waals surface area contributed by atoms with Crippen LogP contribution in [0.2, 0.25) is 0 Å². The fraction of sp³-hybridized carbons (Fsp3) is 0.353. The van der Waals surface area contributed by atoms with E-state index < -0.39 is 0 Å². The second-order valence-corrected chi connectivity index (χ2v) is 9.02. The Morgan fingerprint density at radius 1 is 1.17 bits per heavy atom. The third kappa shape index (κ3) is 5.19. The van der Waals surface area contributed by atoms with Crippen molar-refractivity contribution in [2.24, 2.45) is 0 Å². The predicted molar refractivity (Wildman–Crippen MR) is 104 cm³/mol. The molecule has 122 valence electrons. The number of urea groups is 1. The van der Waals surface area contributed by atoms with Gasteiger partial charge in [0.25, 0.3) is 0 Å². The highest BCUT2D eigenvalue weighted by atomic mass is 32.2. The monoisotopic (exact) mass is 364 g/mol. The van der Waals surface area contributed by atoms with E-state index in [1.165, 1.54) is 28.4 Å². The van der Waals surface area contributed by atoms with E-state index in [9.17, 15) is 4.79 Å². The molecule has 2 N–H and O–H groups in total. The van der Waals surface area contributed by atoms with E-state index in [0.717, 1.165) is 12.1 Å². The van der Waals surface area contributed by atoms with E-state index >= 15 is 0 Å². The summed E-state index contributed by atoms with van der Waals surface area (Å²) >= 11 is 5.70. The van der Waals surface area contributed by atoms with Crippen molar-refractivity contribution in [2.75, 3.05) is 23.4 Å². The van der Waals surface area contributed by atoms with Crippen LogP contribution in [-0.2, 0) is 6.42 Å². The Bertz CT molecular complexity index is 625. The van der Waals surface area contributed by atoms with Crippen molar-refractivity contribution >= 4 is 46.6 Å². The minimum Gasteiger partial charge on any atom is -0.338 e. The number of carbonyl (C=O) groups is 1. The van der Waals surface area contributed by atoms with Crippen LogP contribution in [0.25, 0.3) is 0 Å². The SMILES string of the molecule is O=C(NCCc1cccs1)Nc1cccc(C2SCCCS2)c1. The number of nitrogens with one attached hydrogen (secondary N) is 2. The molecule has 1 fully saturated rings. The molecule has 0 bridgehead atoms. The molecule has 1 aliphatic heterocycles. The van der Waals surface area contributed by atoms with Crippen LogP contribution < -0.4 is 10.6 Å². The predicted octanol–water partition coefficient (Wildman–Crippen LogP) is 4.98. The summed E-state index contributed by atoms with van der Waals surface area (Å²) in [6.07, 6.45) is 2.16. The van der Waals surface area contributed by atoms with Gasteiger partial charge in [-0.15, -0.1) is 34.9 Å². The lowest BCUT2D eigenvalue weighted by molar-refractivity contribution is 0.252. The highest BCUT2D eigenvalue weighted by Crippen LogP contribution is 2.43. The zero-order chi connectivity index (χ0) is 15.9. The maximum absolute atomic E-state index is 12.0. The third-order valence-corrected chi connectivity index (χ3v) is 7.43. The molecule has 1 aromatic heterocycles. The number of hydrogen-bond acceptors (Lipinski definition) is 4. The average Bonchev–Trinajstić information content (AvgIpc) is 3.09. The Morgan fingerprint density at radius 2 is 2.04 bits per heavy atom. The summed E-state index contributed by atoms with van der Waals surface area (Å²) < 4.78 is 0.493. The molecule has 0 spiro atoms. The fourth-order valence-corrected chi connectivity index (χ4v) is 5.95. The van der Waals surface area contributed by atoms with Gasteiger partial charge in [-0.2, -0.15) is 0 Å². The molecule has 2 aromatic rings. The average molecular weight is 365 g/mol. The molecule has 3 nitrogen and oxygen atoms in total. The summed E-state index contributed by atoms with van der Waals surface area (Å²) in [5.74, 6) is 2.44. The summed E-state index contributed by atoms with van der Waals surface area (Å²) in [5.41, 5.74) is 2.15. The largest absolute Gasteiger partial charge is 0.338 e. The van der Waals surface area contributed by atoms with Crippen molar-refractivity contribution in [1.82, 2.24) is 5.32 Å². The number of amides is 2. The standard InChI is InChI=1S/C17H20N2OS3/c20-17(18-8-7-15-6-2-9-21-15)19-14-5-1-4-13(12-14)16-22-10-3-11-23-16/h1-2,4-6,9,12,16H,3,7-8,10-11H2,(H2,18,19,20). The summed E-state index contributed by atoms with van der Waals surface area (Å²) in [4.78, 5) is 13.3. The van der Waals surface area contributed by atoms with E-state index in [-0.39, 0.29) is 6.03 Å². The summed E-state index contributed by atoms with van der Waals surface area (Å²) in [6.45, 7) is 0.653. The van der Waals surface area contributed by atoms with Gasteiger partial charge in [-0.25, -0.2) is 4.79 Å². The van der Waals surface area contributed by atoms with Gasteiger partial charge in [0, 0.05) is 17.1 Å². The molecule has 3 rings (SSSR count). The Balaban J connectivity index is 1.49. The quantitative estimate of drug-likeness (QED) is 0.786. The van der Waals surface area contributed by atoms with E-state index in [2.05, 4.69) is 34.2 Å². The van der Waals surface area contributed by atoms with Gasteiger partial charge in [0.15, 0.2) is 0 Å². The van der Waals surface area contributed by atoms with Gasteiger partial charge in [0.05, 0.1) is 4.58 Å². The smallest absolute Gasteiger partial charge is 0.319 e. The Hall–Kier alpha value is -1.11. The Labute approximate surface area is 149 Å². The molecule has 1 aromatic carbocycles. The third-order valence-electron chi connectivity index (χ3n) is 3.48. The highest BCUT2D eigenvalue weighted by molar-refractivity contribution is 8.16. The van der Waals surface area contributed by atoms with Crippen molar-refractivity contribution < 1.29 is 4.79 Å². The molecule has 0 aliphatic carbocycles. The number of benzene rings is 1. The molecule has 1 aliphatic rings. The van der Waals surface area contributed by atoms with Gasteiger partial charge < -0.3 is 10.6 Å². The van der Waals surface area contributed by atoms with E-state index in [0.29, 0.717) is 11.1 Å². The van der Waals surface area contributed by atoms with Crippen LogP contribution >= 0.6 is 34.9 Å². The van der Waals surface area contributed by atoms with Gasteiger partial charge in [0.1, 0.15) is 0 Å². The summed E-state index contributed by atoms with van der Waals surface area (Å²) in [7, 11) is 0. The van der Waals surface area contributed by atoms with Crippen LogP contribution in [-0.4, -0.2) is 24.1 Å². The van der Waals surface area contributed by atoms with E-state index in [1.54, 1.807) is 11.3 Å². The highest BCUT2D eigenvalue weighted by Gasteiger charge is 2.16. The molecule has 0 saturated carbocycles. The zero-order valence-corrected chi connectivity index (χ0v) is 15.2. The first-order valence-corrected chi connectivity index (χ1v) is 10.7. The molecule has 0 atom stereocenters. The van der Waals surface area contributed by atoms with Crippen molar-refractivity contribution in [1.29, 1.82) is 0 Å². The first kappa shape index (κ1) is 16.7. The molecule has 0 unspecified atom stereocenters. The van der Waals surface area contributed by atoms with Crippen molar-refractivity contribution in [3.8, 4) is 0 Å². The van der Waals surface area contributed by atoms with Gasteiger partial charge in [-0.3, -0.25) is 0 Å². The minimum atomic E-state index is -0.136. The number of carbonyl (C=O) groups excluding carboxylic acids is 1. The Morgan fingerprint density at radius 3 is 2.83 bits per heavy atom. The summed E-state index contributed by atoms with van der Waals surface area (Å²) in [6, 6.07) is 12.2. The number of hydrogen-bond donors (Lipinski definition) is 2. The minimum absolute atomic E-state index is 0.136. The van der Waals surface area contributed by atoms with Gasteiger partial charge in [-0.1, -0.05) is 18.2 Å². The number of thiophene rings is 1. The van der Waals surface area contributed by atoms with Gasteiger partial charge in [-0.05, 0) is 53.5 Å². The van der Waals surface area contributed by atoms with Gasteiger partial charge >= 0.3 is 6.03 Å². The molecule has 23 heavy (non-hydrogen) atoms. The second kappa shape index (κ2) is 8.66. The van der Waals surface area contributed by atoms with Crippen molar-refractivity contribution in [3.63, 3.8) is 0 Å². The molecule has 2 heterocycles. The first-order chi connectivity index (χ1) is 11.3. The lowest BCUT2D eigenvalue weighted by Crippen LogP contribution is -2.30. The number of anilines is 1. The maximum atomic E-state index is 12.0. The molecular weight excluding hydrogens is 344 g/mol. The van der Waals surface area contributed by atoms with Crippen molar-refractivity contribution in [3.05, 3.63) is 52.2 Å². The number of thioether (sulfide) groups is 2. The molecule has 2 amide bonds. The van der Waals surface area contributed by atoms with Crippen molar-refractivity contribution in [2.45, 2.75) is 17.4 Å². The molecular formula is C17H20N2OS3. The van der Waals surface area contributed by atoms with E-state index in [1.807, 2.05) is 41.7 Å². The second-order valence-electron chi connectivity index (χ2n) is 5.26. The number of rotatable bonds is 5. The first-order valence-electron chi connectivity index (χ1n) is 7.72. The normalized spacial score (nSPS) is 15.3. The maximum Gasteiger partial charge on any atom is 0.319 e. The van der Waals surface area contributed by atoms with Crippen LogP contribution in [0.4, 0.5) is 10.5 Å². The van der Waals surface area contributed by atoms with Gasteiger partial charge in [0.2, 0.25) is 0 Å². The lowest BCUT2D eigenvalue weighted by Gasteiger charge is -2.21. The lowest BCUT2D eigenvalue weighted by atomic mass is 10.2. The topological polar surface area (TPSA) is 41.1 Å². The van der Waals surface area contributed by atoms with Crippen LogP contribution in [0.15, 0.2) is 41.8 Å². The fourth-order valence-electron chi connectivity index (χ4n) is 2.37. The van der Waals surface area contributed by atoms with Crippen LogP contribution in [0.5, 0.6) is 0 Å². The zero-order valence-electron chi connectivity index (χ0n) is 12.8.